The molecule has 0 fully saturated rings. The zero-order valence-corrected chi connectivity index (χ0v) is 9.76. The Balaban J connectivity index is 2.19. The molecule has 0 saturated heterocycles. The van der Waals surface area contributed by atoms with Crippen LogP contribution in [0.3, 0.4) is 0 Å². The zero-order chi connectivity index (χ0) is 13.8. The minimum Gasteiger partial charge on any atom is -0.478 e. The summed E-state index contributed by atoms with van der Waals surface area (Å²) in [6.07, 6.45) is 0. The van der Waals surface area contributed by atoms with Crippen molar-refractivity contribution >= 4 is 17.6 Å². The second kappa shape index (κ2) is 5.30. The number of anilines is 1. The third-order valence-electron chi connectivity index (χ3n) is 2.45. The van der Waals surface area contributed by atoms with Crippen molar-refractivity contribution in [2.75, 3.05) is 5.32 Å². The van der Waals surface area contributed by atoms with Gasteiger partial charge in [0.25, 0.3) is 5.91 Å². The van der Waals surface area contributed by atoms with Crippen molar-refractivity contribution in [3.05, 3.63) is 65.5 Å². The Labute approximate surface area is 108 Å². The maximum absolute atomic E-state index is 13.0. The first-order chi connectivity index (χ1) is 9.06. The van der Waals surface area contributed by atoms with Gasteiger partial charge in [0, 0.05) is 11.3 Å². The van der Waals surface area contributed by atoms with Crippen LogP contribution in [0.15, 0.2) is 48.5 Å². The number of halogens is 1. The van der Waals surface area contributed by atoms with Gasteiger partial charge >= 0.3 is 5.97 Å². The van der Waals surface area contributed by atoms with Crippen molar-refractivity contribution in [2.24, 2.45) is 0 Å². The molecule has 1 amide bonds. The highest BCUT2D eigenvalue weighted by Crippen LogP contribution is 2.13. The van der Waals surface area contributed by atoms with Gasteiger partial charge in [-0.25, -0.2) is 9.18 Å². The molecule has 0 aliphatic carbocycles. The van der Waals surface area contributed by atoms with Gasteiger partial charge in [-0.05, 0) is 36.4 Å². The van der Waals surface area contributed by atoms with Gasteiger partial charge in [0.2, 0.25) is 0 Å². The number of hydrogen-bond donors (Lipinski definition) is 2. The van der Waals surface area contributed by atoms with Crippen molar-refractivity contribution in [1.82, 2.24) is 0 Å². The molecule has 0 aliphatic rings. The monoisotopic (exact) mass is 259 g/mol. The molecule has 2 aromatic carbocycles. The molecule has 5 heteroatoms. The second-order valence-corrected chi connectivity index (χ2v) is 3.85. The van der Waals surface area contributed by atoms with Crippen LogP contribution in [0, 0.1) is 5.82 Å². The summed E-state index contributed by atoms with van der Waals surface area (Å²) < 4.78 is 13.0. The molecular weight excluding hydrogens is 249 g/mol. The summed E-state index contributed by atoms with van der Waals surface area (Å²) in [5.74, 6) is -2.09. The van der Waals surface area contributed by atoms with Crippen LogP contribution in [0.2, 0.25) is 0 Å². The minimum absolute atomic E-state index is 0.0667. The SMILES string of the molecule is O=C(O)c1cccc(NC(=O)c2cccc(F)c2)c1. The Bertz CT molecular complexity index is 640. The number of carbonyl (C=O) groups is 2. The summed E-state index contributed by atoms with van der Waals surface area (Å²) in [4.78, 5) is 22.6. The molecule has 2 N–H and O–H groups in total. The van der Waals surface area contributed by atoms with Gasteiger partial charge < -0.3 is 10.4 Å². The lowest BCUT2D eigenvalue weighted by Crippen LogP contribution is -2.12. The summed E-state index contributed by atoms with van der Waals surface area (Å²) in [7, 11) is 0. The highest BCUT2D eigenvalue weighted by atomic mass is 19.1. The van der Waals surface area contributed by atoms with Crippen LogP contribution >= 0.6 is 0 Å². The largest absolute Gasteiger partial charge is 0.478 e. The van der Waals surface area contributed by atoms with Crippen molar-refractivity contribution < 1.29 is 19.1 Å². The van der Waals surface area contributed by atoms with E-state index in [0.717, 1.165) is 6.07 Å². The van der Waals surface area contributed by atoms with E-state index in [1.54, 1.807) is 6.07 Å². The Morgan fingerprint density at radius 1 is 1.00 bits per heavy atom. The molecule has 0 aliphatic heterocycles. The minimum atomic E-state index is -1.08. The van der Waals surface area contributed by atoms with E-state index in [0.29, 0.717) is 5.69 Å². The van der Waals surface area contributed by atoms with Crippen LogP contribution in [-0.4, -0.2) is 17.0 Å². The van der Waals surface area contributed by atoms with Gasteiger partial charge in [-0.3, -0.25) is 4.79 Å². The van der Waals surface area contributed by atoms with Gasteiger partial charge in [0.1, 0.15) is 5.82 Å². The number of carboxylic acids is 1. The number of carbonyl (C=O) groups excluding carboxylic acids is 1. The molecule has 0 aromatic heterocycles. The lowest BCUT2D eigenvalue weighted by molar-refractivity contribution is 0.0696. The topological polar surface area (TPSA) is 66.4 Å². The van der Waals surface area contributed by atoms with Gasteiger partial charge in [0.15, 0.2) is 0 Å². The third-order valence-corrected chi connectivity index (χ3v) is 2.45. The van der Waals surface area contributed by atoms with E-state index in [1.807, 2.05) is 0 Å². The summed E-state index contributed by atoms with van der Waals surface area (Å²) in [5, 5.41) is 11.3. The lowest BCUT2D eigenvalue weighted by atomic mass is 10.1. The molecule has 0 unspecified atom stereocenters. The Morgan fingerprint density at radius 2 is 1.68 bits per heavy atom. The van der Waals surface area contributed by atoms with Crippen LogP contribution in [-0.2, 0) is 0 Å². The molecule has 0 heterocycles. The number of amides is 1. The number of carboxylic acid groups (broad SMARTS) is 1. The third kappa shape index (κ3) is 3.16. The standard InChI is InChI=1S/C14H10FNO3/c15-11-5-1-3-9(7-11)13(17)16-12-6-2-4-10(8-12)14(18)19/h1-8H,(H,16,17)(H,18,19). The van der Waals surface area contributed by atoms with Gasteiger partial charge in [-0.1, -0.05) is 12.1 Å². The number of aromatic carboxylic acids is 1. The molecule has 4 nitrogen and oxygen atoms in total. The van der Waals surface area contributed by atoms with Crippen LogP contribution in [0.1, 0.15) is 20.7 Å². The van der Waals surface area contributed by atoms with Crippen LogP contribution < -0.4 is 5.32 Å². The van der Waals surface area contributed by atoms with Crippen molar-refractivity contribution in [2.45, 2.75) is 0 Å². The molecule has 2 aromatic rings. The molecular formula is C14H10FNO3. The molecule has 96 valence electrons. The smallest absolute Gasteiger partial charge is 0.335 e. The van der Waals surface area contributed by atoms with E-state index >= 15 is 0 Å². The van der Waals surface area contributed by atoms with E-state index < -0.39 is 17.7 Å². The zero-order valence-electron chi connectivity index (χ0n) is 9.76. The Hall–Kier alpha value is -2.69. The van der Waals surface area contributed by atoms with E-state index in [9.17, 15) is 14.0 Å². The molecule has 0 radical (unpaired) electrons. The van der Waals surface area contributed by atoms with E-state index in [2.05, 4.69) is 5.32 Å². The molecule has 0 atom stereocenters. The van der Waals surface area contributed by atoms with Crippen LogP contribution in [0.4, 0.5) is 10.1 Å². The summed E-state index contributed by atoms with van der Waals surface area (Å²) in [6, 6.07) is 11.1. The highest BCUT2D eigenvalue weighted by molar-refractivity contribution is 6.04. The first kappa shape index (κ1) is 12.8. The number of nitrogens with one attached hydrogen (secondary N) is 1. The summed E-state index contributed by atoms with van der Waals surface area (Å²) in [6.45, 7) is 0. The molecule has 19 heavy (non-hydrogen) atoms. The lowest BCUT2D eigenvalue weighted by Gasteiger charge is -2.06. The fraction of sp³-hybridized carbons (Fsp3) is 0. The normalized spacial score (nSPS) is 9.95. The predicted molar refractivity (Wildman–Crippen MR) is 67.8 cm³/mol. The maximum atomic E-state index is 13.0. The molecule has 0 saturated carbocycles. The fourth-order valence-corrected chi connectivity index (χ4v) is 1.56. The first-order valence-electron chi connectivity index (χ1n) is 5.46. The molecule has 0 spiro atoms. The van der Waals surface area contributed by atoms with Crippen molar-refractivity contribution in [3.8, 4) is 0 Å². The Morgan fingerprint density at radius 3 is 2.37 bits per heavy atom. The second-order valence-electron chi connectivity index (χ2n) is 3.85. The average Bonchev–Trinajstić information content (AvgIpc) is 2.39. The van der Waals surface area contributed by atoms with Crippen LogP contribution in [0.25, 0.3) is 0 Å². The van der Waals surface area contributed by atoms with Gasteiger partial charge in [-0.2, -0.15) is 0 Å². The highest BCUT2D eigenvalue weighted by Gasteiger charge is 2.08. The first-order valence-corrected chi connectivity index (χ1v) is 5.46. The quantitative estimate of drug-likeness (QED) is 0.890. The number of hydrogen-bond acceptors (Lipinski definition) is 2. The van der Waals surface area contributed by atoms with E-state index in [-0.39, 0.29) is 11.1 Å². The number of benzene rings is 2. The number of rotatable bonds is 3. The average molecular weight is 259 g/mol. The van der Waals surface area contributed by atoms with E-state index in [4.69, 9.17) is 5.11 Å². The fourth-order valence-electron chi connectivity index (χ4n) is 1.56. The summed E-state index contributed by atoms with van der Waals surface area (Å²) >= 11 is 0. The predicted octanol–water partition coefficient (Wildman–Crippen LogP) is 2.78. The molecule has 2 rings (SSSR count). The van der Waals surface area contributed by atoms with Crippen molar-refractivity contribution in [3.63, 3.8) is 0 Å². The van der Waals surface area contributed by atoms with E-state index in [1.165, 1.54) is 36.4 Å². The van der Waals surface area contributed by atoms with Gasteiger partial charge in [0.05, 0.1) is 5.56 Å². The van der Waals surface area contributed by atoms with Crippen LogP contribution in [0.5, 0.6) is 0 Å². The maximum Gasteiger partial charge on any atom is 0.335 e. The van der Waals surface area contributed by atoms with Gasteiger partial charge in [-0.15, -0.1) is 0 Å². The Kier molecular flexibility index (Phi) is 3.56. The summed E-state index contributed by atoms with van der Waals surface area (Å²) in [5.41, 5.74) is 0.576. The molecule has 0 bridgehead atoms. The van der Waals surface area contributed by atoms with Crippen molar-refractivity contribution in [1.29, 1.82) is 0 Å².